The molecule has 0 heterocycles. The van der Waals surface area contributed by atoms with Crippen molar-refractivity contribution in [3.63, 3.8) is 0 Å². The highest BCUT2D eigenvalue weighted by molar-refractivity contribution is 4.80. The second-order valence-electron chi connectivity index (χ2n) is 5.84. The van der Waals surface area contributed by atoms with Gasteiger partial charge >= 0.3 is 0 Å². The zero-order valence-electron chi connectivity index (χ0n) is 11.3. The van der Waals surface area contributed by atoms with E-state index >= 15 is 0 Å². The van der Waals surface area contributed by atoms with Gasteiger partial charge in [0.25, 0.3) is 0 Å². The molecule has 0 saturated heterocycles. The molecule has 2 unspecified atom stereocenters. The number of aliphatic hydroxyl groups excluding tert-OH is 1. The summed E-state index contributed by atoms with van der Waals surface area (Å²) in [6.07, 6.45) is 7.52. The van der Waals surface area contributed by atoms with Gasteiger partial charge in [-0.2, -0.15) is 0 Å². The van der Waals surface area contributed by atoms with Gasteiger partial charge in [-0.15, -0.1) is 0 Å². The summed E-state index contributed by atoms with van der Waals surface area (Å²) in [5.41, 5.74) is 0. The van der Waals surface area contributed by atoms with Crippen molar-refractivity contribution in [2.45, 2.75) is 58.4 Å². The normalized spacial score (nSPS) is 30.9. The Kier molecular flexibility index (Phi) is 6.37. The summed E-state index contributed by atoms with van der Waals surface area (Å²) in [7, 11) is 2.27. The van der Waals surface area contributed by atoms with Crippen molar-refractivity contribution in [1.29, 1.82) is 0 Å². The molecule has 0 radical (unpaired) electrons. The predicted octanol–water partition coefficient (Wildman–Crippen LogP) is 2.91. The van der Waals surface area contributed by atoms with Crippen LogP contribution in [0.2, 0.25) is 0 Å². The summed E-state index contributed by atoms with van der Waals surface area (Å²) >= 11 is 0. The highest BCUT2D eigenvalue weighted by Crippen LogP contribution is 2.31. The molecule has 16 heavy (non-hydrogen) atoms. The molecular weight excluding hydrogens is 198 g/mol. The fourth-order valence-electron chi connectivity index (χ4n) is 3.10. The summed E-state index contributed by atoms with van der Waals surface area (Å²) in [5.74, 6) is 1.79. The summed E-state index contributed by atoms with van der Waals surface area (Å²) in [6, 6.07) is 0.799. The van der Waals surface area contributed by atoms with Gasteiger partial charge in [0.1, 0.15) is 0 Å². The lowest BCUT2D eigenvalue weighted by molar-refractivity contribution is 0.131. The van der Waals surface area contributed by atoms with Crippen LogP contribution in [0, 0.1) is 11.8 Å². The predicted molar refractivity (Wildman–Crippen MR) is 69.5 cm³/mol. The van der Waals surface area contributed by atoms with Crippen molar-refractivity contribution < 1.29 is 5.11 Å². The van der Waals surface area contributed by atoms with E-state index in [1.165, 1.54) is 38.6 Å². The van der Waals surface area contributed by atoms with E-state index in [0.717, 1.165) is 24.3 Å². The molecule has 0 amide bonds. The Labute approximate surface area is 101 Å². The van der Waals surface area contributed by atoms with Crippen molar-refractivity contribution in [2.75, 3.05) is 20.2 Å². The van der Waals surface area contributed by atoms with E-state index in [2.05, 4.69) is 25.8 Å². The summed E-state index contributed by atoms with van der Waals surface area (Å²) in [5, 5.41) is 8.74. The molecule has 0 aliphatic heterocycles. The Hall–Kier alpha value is -0.0800. The molecule has 2 nitrogen and oxygen atoms in total. The van der Waals surface area contributed by atoms with Crippen LogP contribution in [-0.2, 0) is 0 Å². The van der Waals surface area contributed by atoms with Crippen LogP contribution >= 0.6 is 0 Å². The van der Waals surface area contributed by atoms with Crippen LogP contribution in [0.3, 0.4) is 0 Å². The SMILES string of the molecule is CC1CC(C)CC(N(C)CCCCCO)C1. The fraction of sp³-hybridized carbons (Fsp3) is 1.00. The molecular formula is C14H29NO. The van der Waals surface area contributed by atoms with Gasteiger partial charge in [-0.1, -0.05) is 13.8 Å². The summed E-state index contributed by atoms with van der Waals surface area (Å²) in [6.45, 7) is 6.33. The van der Waals surface area contributed by atoms with Gasteiger partial charge in [0.2, 0.25) is 0 Å². The average molecular weight is 227 g/mol. The van der Waals surface area contributed by atoms with Crippen LogP contribution in [-0.4, -0.2) is 36.2 Å². The minimum Gasteiger partial charge on any atom is -0.396 e. The molecule has 2 atom stereocenters. The molecule has 0 bridgehead atoms. The summed E-state index contributed by atoms with van der Waals surface area (Å²) in [4.78, 5) is 2.55. The second-order valence-corrected chi connectivity index (χ2v) is 5.84. The minimum absolute atomic E-state index is 0.348. The van der Waals surface area contributed by atoms with E-state index in [1.54, 1.807) is 0 Å². The maximum absolute atomic E-state index is 8.74. The number of aliphatic hydroxyl groups is 1. The van der Waals surface area contributed by atoms with Crippen LogP contribution in [0.25, 0.3) is 0 Å². The largest absolute Gasteiger partial charge is 0.396 e. The van der Waals surface area contributed by atoms with Crippen LogP contribution in [0.1, 0.15) is 52.4 Å². The first-order valence-electron chi connectivity index (χ1n) is 6.94. The van der Waals surface area contributed by atoms with E-state index in [-0.39, 0.29) is 0 Å². The molecule has 1 aliphatic carbocycles. The highest BCUT2D eigenvalue weighted by Gasteiger charge is 2.26. The third kappa shape index (κ3) is 4.84. The van der Waals surface area contributed by atoms with Gasteiger partial charge in [-0.3, -0.25) is 0 Å². The maximum Gasteiger partial charge on any atom is 0.0431 e. The first-order chi connectivity index (χ1) is 7.63. The molecule has 1 saturated carbocycles. The quantitative estimate of drug-likeness (QED) is 0.705. The van der Waals surface area contributed by atoms with Crippen LogP contribution in [0.15, 0.2) is 0 Å². The zero-order valence-corrected chi connectivity index (χ0v) is 11.3. The molecule has 1 aliphatic rings. The highest BCUT2D eigenvalue weighted by atomic mass is 16.2. The summed E-state index contributed by atoms with van der Waals surface area (Å²) < 4.78 is 0. The number of unbranched alkanes of at least 4 members (excludes halogenated alkanes) is 2. The average Bonchev–Trinajstić information content (AvgIpc) is 2.22. The molecule has 0 aromatic heterocycles. The van der Waals surface area contributed by atoms with E-state index < -0.39 is 0 Å². The van der Waals surface area contributed by atoms with E-state index in [4.69, 9.17) is 5.11 Å². The lowest BCUT2D eigenvalue weighted by Gasteiger charge is -2.37. The molecule has 1 N–H and O–H groups in total. The molecule has 0 spiro atoms. The number of nitrogens with zero attached hydrogens (tertiary/aromatic N) is 1. The van der Waals surface area contributed by atoms with Crippen LogP contribution < -0.4 is 0 Å². The van der Waals surface area contributed by atoms with E-state index in [9.17, 15) is 0 Å². The number of hydrogen-bond donors (Lipinski definition) is 1. The zero-order chi connectivity index (χ0) is 12.0. The first kappa shape index (κ1) is 14.0. The third-order valence-electron chi connectivity index (χ3n) is 3.95. The fourth-order valence-corrected chi connectivity index (χ4v) is 3.10. The minimum atomic E-state index is 0.348. The van der Waals surface area contributed by atoms with Gasteiger partial charge in [-0.25, -0.2) is 0 Å². The second kappa shape index (κ2) is 7.29. The molecule has 0 aromatic rings. The van der Waals surface area contributed by atoms with Gasteiger partial charge in [0.05, 0.1) is 0 Å². The monoisotopic (exact) mass is 227 g/mol. The Morgan fingerprint density at radius 2 is 1.62 bits per heavy atom. The number of hydrogen-bond acceptors (Lipinski definition) is 2. The van der Waals surface area contributed by atoms with Crippen LogP contribution in [0.4, 0.5) is 0 Å². The standard InChI is InChI=1S/C14H29NO/c1-12-9-13(2)11-14(10-12)15(3)7-5-4-6-8-16/h12-14,16H,4-11H2,1-3H3. The van der Waals surface area contributed by atoms with Crippen molar-refractivity contribution in [3.8, 4) is 0 Å². The molecule has 0 aromatic carbocycles. The van der Waals surface area contributed by atoms with Crippen molar-refractivity contribution in [3.05, 3.63) is 0 Å². The van der Waals surface area contributed by atoms with Gasteiger partial charge < -0.3 is 10.0 Å². The van der Waals surface area contributed by atoms with Crippen molar-refractivity contribution in [1.82, 2.24) is 4.90 Å². The molecule has 96 valence electrons. The molecule has 1 fully saturated rings. The van der Waals surface area contributed by atoms with Crippen molar-refractivity contribution in [2.24, 2.45) is 11.8 Å². The van der Waals surface area contributed by atoms with Gasteiger partial charge in [-0.05, 0) is 64.0 Å². The maximum atomic E-state index is 8.74. The first-order valence-corrected chi connectivity index (χ1v) is 6.94. The van der Waals surface area contributed by atoms with Crippen LogP contribution in [0.5, 0.6) is 0 Å². The third-order valence-corrected chi connectivity index (χ3v) is 3.95. The Morgan fingerprint density at radius 3 is 2.19 bits per heavy atom. The Morgan fingerprint density at radius 1 is 1.00 bits per heavy atom. The Balaban J connectivity index is 2.21. The molecule has 2 heteroatoms. The van der Waals surface area contributed by atoms with Gasteiger partial charge in [0, 0.05) is 12.6 Å². The number of rotatable bonds is 6. The lowest BCUT2D eigenvalue weighted by Crippen LogP contribution is -2.38. The smallest absolute Gasteiger partial charge is 0.0431 e. The topological polar surface area (TPSA) is 23.5 Å². The Bertz CT molecular complexity index is 174. The van der Waals surface area contributed by atoms with Crippen molar-refractivity contribution >= 4 is 0 Å². The van der Waals surface area contributed by atoms with E-state index in [0.29, 0.717) is 6.61 Å². The van der Waals surface area contributed by atoms with Gasteiger partial charge in [0.15, 0.2) is 0 Å². The van der Waals surface area contributed by atoms with E-state index in [1.807, 2.05) is 0 Å². The lowest BCUT2D eigenvalue weighted by atomic mass is 9.80. The molecule has 1 rings (SSSR count).